The third kappa shape index (κ3) is 3.50. The fourth-order valence-electron chi connectivity index (χ4n) is 2.28. The fourth-order valence-corrected chi connectivity index (χ4v) is 3.45. The van der Waals surface area contributed by atoms with Crippen molar-refractivity contribution in [3.05, 3.63) is 23.8 Å². The quantitative estimate of drug-likeness (QED) is 0.775. The molecule has 0 unspecified atom stereocenters. The maximum Gasteiger partial charge on any atom is 0.497 e. The third-order valence-corrected chi connectivity index (χ3v) is 7.07. The molecule has 0 atom stereocenters. The molecule has 0 spiro atoms. The van der Waals surface area contributed by atoms with E-state index in [0.29, 0.717) is 0 Å². The van der Waals surface area contributed by atoms with Gasteiger partial charge in [-0.2, -0.15) is 4.36 Å². The highest BCUT2D eigenvalue weighted by Crippen LogP contribution is 2.37. The topological polar surface area (TPSA) is 47.9 Å². The maximum absolute atomic E-state index is 14.5. The molecule has 8 heteroatoms. The third-order valence-electron chi connectivity index (χ3n) is 4.74. The van der Waals surface area contributed by atoms with Gasteiger partial charge in [0, 0.05) is 23.0 Å². The van der Waals surface area contributed by atoms with Crippen LogP contribution in [0.3, 0.4) is 0 Å². The summed E-state index contributed by atoms with van der Waals surface area (Å²) in [6.45, 7) is 10.8. The minimum Gasteiger partial charge on any atom is -0.399 e. The summed E-state index contributed by atoms with van der Waals surface area (Å²) in [6.07, 6.45) is 0. The molecule has 0 amide bonds. The van der Waals surface area contributed by atoms with Crippen LogP contribution in [0.4, 0.5) is 14.5 Å². The highest BCUT2D eigenvalue weighted by atomic mass is 32.2. The molecule has 4 nitrogen and oxygen atoms in total. The van der Waals surface area contributed by atoms with E-state index in [0.717, 1.165) is 12.1 Å². The highest BCUT2D eigenvalue weighted by molar-refractivity contribution is 7.93. The van der Waals surface area contributed by atoms with E-state index in [1.807, 2.05) is 27.7 Å². The van der Waals surface area contributed by atoms with Crippen LogP contribution in [0.5, 0.6) is 0 Å². The molecule has 0 aromatic heterocycles. The Balaban J connectivity index is 2.44. The van der Waals surface area contributed by atoms with Gasteiger partial charge in [-0.05, 0) is 33.8 Å². The summed E-state index contributed by atoms with van der Waals surface area (Å²) in [4.78, 5) is 0. The lowest BCUT2D eigenvalue weighted by Crippen LogP contribution is -2.41. The second kappa shape index (κ2) is 6.39. The molecule has 0 saturated carbocycles. The number of hydrogen-bond acceptors (Lipinski definition) is 4. The summed E-state index contributed by atoms with van der Waals surface area (Å²) in [5, 5.41) is 0. The van der Waals surface area contributed by atoms with Crippen LogP contribution in [0.25, 0.3) is 0 Å². The molecular formula is C16H24BF2NO3S. The highest BCUT2D eigenvalue weighted by Gasteiger charge is 2.52. The molecule has 0 aliphatic carbocycles. The Morgan fingerprint density at radius 2 is 1.54 bits per heavy atom. The van der Waals surface area contributed by atoms with E-state index in [9.17, 15) is 13.0 Å². The average Bonchev–Trinajstić information content (AvgIpc) is 2.70. The van der Waals surface area contributed by atoms with Crippen LogP contribution >= 0.6 is 0 Å². The summed E-state index contributed by atoms with van der Waals surface area (Å²) >= 11 is 0. The van der Waals surface area contributed by atoms with Crippen molar-refractivity contribution in [1.82, 2.24) is 0 Å². The van der Waals surface area contributed by atoms with Gasteiger partial charge in [0.25, 0.3) is 0 Å². The van der Waals surface area contributed by atoms with Gasteiger partial charge in [-0.3, -0.25) is 0 Å². The van der Waals surface area contributed by atoms with E-state index in [4.69, 9.17) is 9.31 Å². The Hall–Kier alpha value is -0.985. The summed E-state index contributed by atoms with van der Waals surface area (Å²) in [6, 6.07) is 1.97. The molecule has 1 aromatic rings. The first-order valence-electron chi connectivity index (χ1n) is 8.02. The molecule has 1 heterocycles. The Kier molecular flexibility index (Phi) is 5.15. The Bertz CT molecular complexity index is 732. The van der Waals surface area contributed by atoms with Gasteiger partial charge in [0.05, 0.1) is 20.9 Å². The lowest BCUT2D eigenvalue weighted by atomic mass is 9.78. The molecule has 0 bridgehead atoms. The van der Waals surface area contributed by atoms with Crippen molar-refractivity contribution in [2.45, 2.75) is 52.7 Å². The largest absolute Gasteiger partial charge is 0.497 e. The molecule has 134 valence electrons. The van der Waals surface area contributed by atoms with Gasteiger partial charge in [0.15, 0.2) is 0 Å². The van der Waals surface area contributed by atoms with Crippen molar-refractivity contribution in [1.29, 1.82) is 0 Å². The Labute approximate surface area is 143 Å². The molecular weight excluding hydrogens is 335 g/mol. The Morgan fingerprint density at radius 1 is 1.04 bits per heavy atom. The minimum absolute atomic E-state index is 0.0235. The van der Waals surface area contributed by atoms with E-state index < -0.39 is 39.7 Å². The van der Waals surface area contributed by atoms with Crippen molar-refractivity contribution < 1.29 is 22.3 Å². The van der Waals surface area contributed by atoms with Crippen LogP contribution in [0.1, 0.15) is 41.5 Å². The van der Waals surface area contributed by atoms with Crippen LogP contribution in [0, 0.1) is 11.6 Å². The molecule has 2 rings (SSSR count). The molecule has 1 aliphatic rings. The lowest BCUT2D eigenvalue weighted by molar-refractivity contribution is 0.00578. The average molecular weight is 359 g/mol. The van der Waals surface area contributed by atoms with Gasteiger partial charge in [-0.1, -0.05) is 13.8 Å². The molecule has 24 heavy (non-hydrogen) atoms. The predicted molar refractivity (Wildman–Crippen MR) is 93.4 cm³/mol. The SMILES string of the molecule is CCS(=O)(CC)=Nc1cc(F)c(B2OC(C)(C)C(C)(C)O2)cc1F. The van der Waals surface area contributed by atoms with Gasteiger partial charge < -0.3 is 9.31 Å². The molecule has 1 saturated heterocycles. The number of halogens is 2. The first kappa shape index (κ1) is 19.3. The normalized spacial score (nSPS) is 19.6. The summed E-state index contributed by atoms with van der Waals surface area (Å²) in [7, 11) is -3.57. The van der Waals surface area contributed by atoms with Crippen LogP contribution in [-0.4, -0.2) is 34.0 Å². The number of hydrogen-bond donors (Lipinski definition) is 0. The van der Waals surface area contributed by atoms with Crippen molar-refractivity contribution in [3.63, 3.8) is 0 Å². The first-order valence-corrected chi connectivity index (χ1v) is 9.87. The van der Waals surface area contributed by atoms with Gasteiger partial charge >= 0.3 is 7.12 Å². The minimum atomic E-state index is -2.57. The molecule has 1 fully saturated rings. The van der Waals surface area contributed by atoms with Crippen molar-refractivity contribution in [3.8, 4) is 0 Å². The van der Waals surface area contributed by atoms with Crippen molar-refractivity contribution >= 4 is 28.0 Å². The van der Waals surface area contributed by atoms with Gasteiger partial charge in [-0.15, -0.1) is 0 Å². The van der Waals surface area contributed by atoms with Crippen LogP contribution in [0.15, 0.2) is 16.5 Å². The monoisotopic (exact) mass is 359 g/mol. The van der Waals surface area contributed by atoms with Crippen LogP contribution in [-0.2, 0) is 19.0 Å². The van der Waals surface area contributed by atoms with E-state index in [1.54, 1.807) is 13.8 Å². The van der Waals surface area contributed by atoms with E-state index in [1.165, 1.54) is 0 Å². The lowest BCUT2D eigenvalue weighted by Gasteiger charge is -2.32. The van der Waals surface area contributed by atoms with Crippen LogP contribution in [0.2, 0.25) is 0 Å². The van der Waals surface area contributed by atoms with E-state index in [-0.39, 0.29) is 22.7 Å². The molecule has 0 radical (unpaired) electrons. The maximum atomic E-state index is 14.5. The molecule has 1 aromatic carbocycles. The smallest absolute Gasteiger partial charge is 0.399 e. The second-order valence-corrected chi connectivity index (χ2v) is 9.74. The first-order chi connectivity index (χ1) is 10.9. The zero-order chi connectivity index (χ0) is 18.3. The zero-order valence-corrected chi connectivity index (χ0v) is 15.8. The molecule has 1 aliphatic heterocycles. The van der Waals surface area contributed by atoms with E-state index in [2.05, 4.69) is 4.36 Å². The molecule has 0 N–H and O–H groups in total. The summed E-state index contributed by atoms with van der Waals surface area (Å²) in [5.41, 5.74) is -1.56. The number of benzene rings is 1. The zero-order valence-electron chi connectivity index (χ0n) is 15.0. The summed E-state index contributed by atoms with van der Waals surface area (Å²) in [5.74, 6) is -0.870. The predicted octanol–water partition coefficient (Wildman–Crippen LogP) is 3.40. The fraction of sp³-hybridized carbons (Fsp3) is 0.625. The summed E-state index contributed by atoms with van der Waals surface area (Å²) < 4.78 is 56.7. The number of rotatable bonds is 4. The van der Waals surface area contributed by atoms with Gasteiger partial charge in [0.2, 0.25) is 0 Å². The number of nitrogens with zero attached hydrogens (tertiary/aromatic N) is 1. The van der Waals surface area contributed by atoms with Crippen LogP contribution < -0.4 is 5.46 Å². The van der Waals surface area contributed by atoms with Crippen molar-refractivity contribution in [2.75, 3.05) is 11.5 Å². The standard InChI is InChI=1S/C16H24BF2NO3S/c1-7-24(21,8-2)20-14-10-12(18)11(9-13(14)19)17-22-15(3,4)16(5,6)23-17/h9-10H,7-8H2,1-6H3. The van der Waals surface area contributed by atoms with E-state index >= 15 is 0 Å². The van der Waals surface area contributed by atoms with Crippen molar-refractivity contribution in [2.24, 2.45) is 4.36 Å². The Morgan fingerprint density at radius 3 is 2.00 bits per heavy atom. The van der Waals surface area contributed by atoms with Gasteiger partial charge in [0.1, 0.15) is 17.3 Å². The van der Waals surface area contributed by atoms with Gasteiger partial charge in [-0.25, -0.2) is 13.0 Å². The second-order valence-electron chi connectivity index (χ2n) is 6.85.